The van der Waals surface area contributed by atoms with Crippen molar-refractivity contribution in [3.8, 4) is 0 Å². The number of thioether (sulfide) groups is 1. The van der Waals surface area contributed by atoms with Crippen molar-refractivity contribution in [2.24, 2.45) is 0 Å². The first-order valence-electron chi connectivity index (χ1n) is 4.87. The second kappa shape index (κ2) is 3.99. The Kier molecular flexibility index (Phi) is 2.94. The average molecular weight is 187 g/mol. The lowest BCUT2D eigenvalue weighted by Crippen LogP contribution is -2.35. The maximum Gasteiger partial charge on any atom is 0.120 e. The van der Waals surface area contributed by atoms with Gasteiger partial charge in [-0.2, -0.15) is 11.8 Å². The smallest absolute Gasteiger partial charge is 0.120 e. The van der Waals surface area contributed by atoms with Crippen molar-refractivity contribution in [1.82, 2.24) is 5.32 Å². The third-order valence-electron chi connectivity index (χ3n) is 2.54. The lowest BCUT2D eigenvalue weighted by atomic mass is 10.2. The summed E-state index contributed by atoms with van der Waals surface area (Å²) in [6.07, 6.45) is 4.86. The second-order valence-electron chi connectivity index (χ2n) is 3.68. The van der Waals surface area contributed by atoms with E-state index in [9.17, 15) is 0 Å². The average Bonchev–Trinajstić information content (AvgIpc) is 2.54. The molecule has 0 amide bonds. The first-order valence-corrected chi connectivity index (χ1v) is 5.91. The van der Waals surface area contributed by atoms with Gasteiger partial charge in [-0.1, -0.05) is 6.42 Å². The van der Waals surface area contributed by atoms with Gasteiger partial charge in [0.05, 0.1) is 6.10 Å². The second-order valence-corrected chi connectivity index (χ2v) is 5.03. The molecule has 0 aromatic carbocycles. The van der Waals surface area contributed by atoms with Crippen LogP contribution in [0.15, 0.2) is 0 Å². The van der Waals surface area contributed by atoms with Crippen LogP contribution in [-0.2, 0) is 4.74 Å². The summed E-state index contributed by atoms with van der Waals surface area (Å²) < 4.78 is 5.77. The van der Waals surface area contributed by atoms with E-state index >= 15 is 0 Å². The fraction of sp³-hybridized carbons (Fsp3) is 1.00. The molecule has 0 saturated carbocycles. The van der Waals surface area contributed by atoms with E-state index in [1.54, 1.807) is 0 Å². The maximum absolute atomic E-state index is 5.77. The Bertz CT molecular complexity index is 145. The van der Waals surface area contributed by atoms with Gasteiger partial charge in [0, 0.05) is 11.8 Å². The Morgan fingerprint density at radius 1 is 1.42 bits per heavy atom. The first kappa shape index (κ1) is 8.85. The predicted octanol–water partition coefficient (Wildman–Crippen LogP) is 1.61. The molecule has 2 aliphatic heterocycles. The molecule has 12 heavy (non-hydrogen) atoms. The van der Waals surface area contributed by atoms with Crippen molar-refractivity contribution in [3.05, 3.63) is 0 Å². The van der Waals surface area contributed by atoms with Gasteiger partial charge in [0.1, 0.15) is 6.23 Å². The molecule has 0 aliphatic carbocycles. The minimum atomic E-state index is 0.338. The number of nitrogens with one attached hydrogen (secondary N) is 1. The molecule has 2 aliphatic rings. The van der Waals surface area contributed by atoms with Gasteiger partial charge < -0.3 is 4.74 Å². The van der Waals surface area contributed by atoms with Crippen LogP contribution in [0.1, 0.15) is 26.2 Å². The van der Waals surface area contributed by atoms with E-state index in [1.807, 2.05) is 0 Å². The summed E-state index contributed by atoms with van der Waals surface area (Å²) in [4.78, 5) is 0. The van der Waals surface area contributed by atoms with Crippen LogP contribution in [0, 0.1) is 0 Å². The largest absolute Gasteiger partial charge is 0.358 e. The van der Waals surface area contributed by atoms with Gasteiger partial charge in [-0.25, -0.2) is 0 Å². The Labute approximate surface area is 78.4 Å². The lowest BCUT2D eigenvalue weighted by molar-refractivity contribution is 0.0481. The number of hydrogen-bond donors (Lipinski definition) is 1. The summed E-state index contributed by atoms with van der Waals surface area (Å²) in [5.74, 6) is 1.32. The number of hydrogen-bond acceptors (Lipinski definition) is 3. The molecule has 0 aromatic rings. The van der Waals surface area contributed by atoms with Gasteiger partial charge in [-0.15, -0.1) is 0 Å². The zero-order chi connectivity index (χ0) is 8.39. The topological polar surface area (TPSA) is 21.3 Å². The molecule has 70 valence electrons. The van der Waals surface area contributed by atoms with Crippen molar-refractivity contribution < 1.29 is 4.74 Å². The van der Waals surface area contributed by atoms with Crippen molar-refractivity contribution in [2.45, 2.75) is 43.8 Å². The van der Waals surface area contributed by atoms with Crippen LogP contribution in [0.3, 0.4) is 0 Å². The quantitative estimate of drug-likeness (QED) is 0.674. The molecule has 2 rings (SSSR count). The van der Waals surface area contributed by atoms with Crippen molar-refractivity contribution >= 4 is 11.8 Å². The maximum atomic E-state index is 5.77. The van der Waals surface area contributed by atoms with Crippen LogP contribution in [0.25, 0.3) is 0 Å². The van der Waals surface area contributed by atoms with E-state index in [4.69, 9.17) is 4.74 Å². The van der Waals surface area contributed by atoms with Crippen LogP contribution in [0.5, 0.6) is 0 Å². The van der Waals surface area contributed by atoms with Crippen LogP contribution in [0.2, 0.25) is 0 Å². The highest BCUT2D eigenvalue weighted by molar-refractivity contribution is 8.00. The molecule has 0 bridgehead atoms. The number of rotatable bonds is 1. The molecule has 2 saturated heterocycles. The molecular formula is C9H17NOS. The third-order valence-corrected chi connectivity index (χ3v) is 3.97. The number of ether oxygens (including phenoxy) is 1. The van der Waals surface area contributed by atoms with Crippen LogP contribution < -0.4 is 5.32 Å². The molecule has 1 N–H and O–H groups in total. The fourth-order valence-electron chi connectivity index (χ4n) is 1.85. The highest BCUT2D eigenvalue weighted by Gasteiger charge is 2.30. The zero-order valence-corrected chi connectivity index (χ0v) is 8.40. The minimum Gasteiger partial charge on any atom is -0.358 e. The van der Waals surface area contributed by atoms with Crippen LogP contribution in [-0.4, -0.2) is 29.9 Å². The molecule has 2 nitrogen and oxygen atoms in total. The molecule has 0 aromatic heterocycles. The molecule has 2 heterocycles. The van der Waals surface area contributed by atoms with Gasteiger partial charge in [0.15, 0.2) is 0 Å². The summed E-state index contributed by atoms with van der Waals surface area (Å²) in [6.45, 7) is 3.17. The van der Waals surface area contributed by atoms with E-state index in [-0.39, 0.29) is 0 Å². The standard InChI is InChI=1S/C9H17NOS/c1-7-6-10-9(11-7)8-4-2-3-5-12-8/h7-10H,2-6H2,1H3. The van der Waals surface area contributed by atoms with Crippen molar-refractivity contribution in [3.63, 3.8) is 0 Å². The van der Waals surface area contributed by atoms with Crippen LogP contribution >= 0.6 is 11.8 Å². The summed E-state index contributed by atoms with van der Waals surface area (Å²) in [7, 11) is 0. The lowest BCUT2D eigenvalue weighted by Gasteiger charge is -2.26. The first-order chi connectivity index (χ1) is 5.86. The highest BCUT2D eigenvalue weighted by atomic mass is 32.2. The van der Waals surface area contributed by atoms with Crippen LogP contribution in [0.4, 0.5) is 0 Å². The summed E-state index contributed by atoms with van der Waals surface area (Å²) in [6, 6.07) is 0. The van der Waals surface area contributed by atoms with Gasteiger partial charge in [-0.3, -0.25) is 5.32 Å². The molecule has 0 spiro atoms. The van der Waals surface area contributed by atoms with E-state index in [0.717, 1.165) is 6.54 Å². The Morgan fingerprint density at radius 2 is 2.33 bits per heavy atom. The minimum absolute atomic E-state index is 0.338. The van der Waals surface area contributed by atoms with Crippen molar-refractivity contribution in [1.29, 1.82) is 0 Å². The Hall–Kier alpha value is 0.270. The van der Waals surface area contributed by atoms with Gasteiger partial charge in [0.2, 0.25) is 0 Å². The molecule has 2 fully saturated rings. The molecule has 0 radical (unpaired) electrons. The van der Waals surface area contributed by atoms with E-state index in [1.165, 1.54) is 25.0 Å². The fourth-order valence-corrected chi connectivity index (χ4v) is 3.19. The highest BCUT2D eigenvalue weighted by Crippen LogP contribution is 2.29. The summed E-state index contributed by atoms with van der Waals surface area (Å²) >= 11 is 2.07. The molecule has 3 atom stereocenters. The van der Waals surface area contributed by atoms with E-state index in [2.05, 4.69) is 24.0 Å². The normalized spacial score (nSPS) is 43.2. The SMILES string of the molecule is CC1CNC(C2CCCCS2)O1. The molecule has 3 heteroatoms. The molecule has 3 unspecified atom stereocenters. The Balaban J connectivity index is 1.83. The third kappa shape index (κ3) is 1.95. The van der Waals surface area contributed by atoms with Gasteiger partial charge >= 0.3 is 0 Å². The molecular weight excluding hydrogens is 170 g/mol. The zero-order valence-electron chi connectivity index (χ0n) is 7.58. The van der Waals surface area contributed by atoms with E-state index < -0.39 is 0 Å². The summed E-state index contributed by atoms with van der Waals surface area (Å²) in [5, 5.41) is 4.14. The van der Waals surface area contributed by atoms with Crippen molar-refractivity contribution in [2.75, 3.05) is 12.3 Å². The predicted molar refractivity (Wildman–Crippen MR) is 52.4 cm³/mol. The van der Waals surface area contributed by atoms with E-state index in [0.29, 0.717) is 17.6 Å². The van der Waals surface area contributed by atoms with Gasteiger partial charge in [0.25, 0.3) is 0 Å². The Morgan fingerprint density at radius 3 is 2.92 bits per heavy atom. The van der Waals surface area contributed by atoms with Gasteiger partial charge in [-0.05, 0) is 25.5 Å². The monoisotopic (exact) mass is 187 g/mol. The summed E-state index contributed by atoms with van der Waals surface area (Å²) in [5.41, 5.74) is 0.